The normalized spacial score (nSPS) is 10.9. The van der Waals surface area contributed by atoms with Crippen molar-refractivity contribution in [1.29, 1.82) is 0 Å². The summed E-state index contributed by atoms with van der Waals surface area (Å²) in [5.41, 5.74) is 3.27. The van der Waals surface area contributed by atoms with E-state index in [0.29, 0.717) is 0 Å². The number of nitro groups is 1. The molecule has 0 unspecified atom stereocenters. The summed E-state index contributed by atoms with van der Waals surface area (Å²) in [6.07, 6.45) is 0. The van der Waals surface area contributed by atoms with Gasteiger partial charge in [-0.3, -0.25) is 19.7 Å². The predicted octanol–water partition coefficient (Wildman–Crippen LogP) is 0.975. The molecule has 0 aliphatic carbocycles. The van der Waals surface area contributed by atoms with Crippen LogP contribution in [0.5, 0.6) is 0 Å². The SMILES string of the molecule is CC(C)(CNC(=O)c1cc([N+](=O)[O-])ccc1F)C(N)=O. The first-order valence-corrected chi connectivity index (χ1v) is 5.67. The summed E-state index contributed by atoms with van der Waals surface area (Å²) in [6, 6.07) is 2.63. The van der Waals surface area contributed by atoms with E-state index in [-0.39, 0.29) is 6.54 Å². The smallest absolute Gasteiger partial charge is 0.270 e. The van der Waals surface area contributed by atoms with Crippen molar-refractivity contribution in [2.45, 2.75) is 13.8 Å². The molecule has 0 aromatic heterocycles. The monoisotopic (exact) mass is 283 g/mol. The number of nitrogens with zero attached hydrogens (tertiary/aromatic N) is 1. The topological polar surface area (TPSA) is 115 Å². The average Bonchev–Trinajstić information content (AvgIpc) is 2.36. The van der Waals surface area contributed by atoms with Gasteiger partial charge in [-0.2, -0.15) is 0 Å². The highest BCUT2D eigenvalue weighted by Crippen LogP contribution is 2.17. The van der Waals surface area contributed by atoms with E-state index in [1.165, 1.54) is 13.8 Å². The van der Waals surface area contributed by atoms with Crippen LogP contribution in [0.2, 0.25) is 0 Å². The van der Waals surface area contributed by atoms with Crippen molar-refractivity contribution in [3.8, 4) is 0 Å². The number of carbonyl (C=O) groups is 2. The molecular formula is C12H14FN3O4. The zero-order valence-electron chi connectivity index (χ0n) is 11.0. The van der Waals surface area contributed by atoms with Gasteiger partial charge in [-0.25, -0.2) is 4.39 Å². The van der Waals surface area contributed by atoms with Gasteiger partial charge in [0.2, 0.25) is 5.91 Å². The largest absolute Gasteiger partial charge is 0.369 e. The Hall–Kier alpha value is -2.51. The standard InChI is InChI=1S/C12H14FN3O4/c1-12(2,11(14)18)6-15-10(17)8-5-7(16(19)20)3-4-9(8)13/h3-5H,6H2,1-2H3,(H2,14,18)(H,15,17). The summed E-state index contributed by atoms with van der Waals surface area (Å²) >= 11 is 0. The Balaban J connectivity index is 2.90. The molecule has 8 heteroatoms. The molecule has 108 valence electrons. The quantitative estimate of drug-likeness (QED) is 0.618. The fourth-order valence-electron chi connectivity index (χ4n) is 1.28. The van der Waals surface area contributed by atoms with E-state index in [9.17, 15) is 24.1 Å². The molecule has 0 fully saturated rings. The first-order valence-electron chi connectivity index (χ1n) is 5.67. The molecule has 1 rings (SSSR count). The van der Waals surface area contributed by atoms with Crippen LogP contribution in [-0.2, 0) is 4.79 Å². The minimum atomic E-state index is -1.01. The number of halogens is 1. The molecule has 0 saturated heterocycles. The number of carbonyl (C=O) groups excluding carboxylic acids is 2. The third kappa shape index (κ3) is 3.50. The first kappa shape index (κ1) is 15.5. The van der Waals surface area contributed by atoms with Crippen molar-refractivity contribution in [3.63, 3.8) is 0 Å². The minimum absolute atomic E-state index is 0.108. The van der Waals surface area contributed by atoms with Gasteiger partial charge in [-0.15, -0.1) is 0 Å². The fraction of sp³-hybridized carbons (Fsp3) is 0.333. The number of nitrogens with two attached hydrogens (primary N) is 1. The summed E-state index contributed by atoms with van der Waals surface area (Å²) in [4.78, 5) is 32.7. The van der Waals surface area contributed by atoms with Gasteiger partial charge in [0.25, 0.3) is 11.6 Å². The van der Waals surface area contributed by atoms with Gasteiger partial charge in [0.1, 0.15) is 5.82 Å². The number of rotatable bonds is 5. The van der Waals surface area contributed by atoms with Crippen molar-refractivity contribution in [3.05, 3.63) is 39.7 Å². The second kappa shape index (κ2) is 5.64. The Morgan fingerprint density at radius 3 is 2.55 bits per heavy atom. The molecule has 3 N–H and O–H groups in total. The molecular weight excluding hydrogens is 269 g/mol. The van der Waals surface area contributed by atoms with Gasteiger partial charge in [0.05, 0.1) is 15.9 Å². The van der Waals surface area contributed by atoms with Crippen molar-refractivity contribution in [2.75, 3.05) is 6.54 Å². The molecule has 7 nitrogen and oxygen atoms in total. The van der Waals surface area contributed by atoms with Crippen LogP contribution in [0.25, 0.3) is 0 Å². The molecule has 0 bridgehead atoms. The van der Waals surface area contributed by atoms with E-state index >= 15 is 0 Å². The van der Waals surface area contributed by atoms with E-state index < -0.39 is 39.2 Å². The predicted molar refractivity (Wildman–Crippen MR) is 68.4 cm³/mol. The van der Waals surface area contributed by atoms with Crippen LogP contribution in [0.3, 0.4) is 0 Å². The van der Waals surface area contributed by atoms with Gasteiger partial charge in [-0.1, -0.05) is 0 Å². The Morgan fingerprint density at radius 2 is 2.05 bits per heavy atom. The second-order valence-electron chi connectivity index (χ2n) is 4.85. The number of hydrogen-bond donors (Lipinski definition) is 2. The molecule has 2 amide bonds. The minimum Gasteiger partial charge on any atom is -0.369 e. The highest BCUT2D eigenvalue weighted by Gasteiger charge is 2.26. The van der Waals surface area contributed by atoms with Crippen LogP contribution < -0.4 is 11.1 Å². The highest BCUT2D eigenvalue weighted by molar-refractivity contribution is 5.95. The second-order valence-corrected chi connectivity index (χ2v) is 4.85. The lowest BCUT2D eigenvalue weighted by atomic mass is 9.92. The van der Waals surface area contributed by atoms with Crippen LogP contribution in [-0.4, -0.2) is 23.3 Å². The maximum atomic E-state index is 13.5. The van der Waals surface area contributed by atoms with Crippen LogP contribution in [0, 0.1) is 21.3 Å². The van der Waals surface area contributed by atoms with Crippen molar-refractivity contribution in [2.24, 2.45) is 11.1 Å². The molecule has 0 radical (unpaired) electrons. The molecule has 1 aromatic carbocycles. The van der Waals surface area contributed by atoms with Crippen LogP contribution in [0.15, 0.2) is 18.2 Å². The van der Waals surface area contributed by atoms with Gasteiger partial charge in [0.15, 0.2) is 0 Å². The molecule has 20 heavy (non-hydrogen) atoms. The molecule has 1 aromatic rings. The van der Waals surface area contributed by atoms with E-state index in [0.717, 1.165) is 18.2 Å². The molecule has 0 spiro atoms. The number of non-ortho nitro benzene ring substituents is 1. The Kier molecular flexibility index (Phi) is 4.38. The van der Waals surface area contributed by atoms with Crippen molar-refractivity contribution in [1.82, 2.24) is 5.32 Å². The number of benzene rings is 1. The zero-order chi connectivity index (χ0) is 15.5. The average molecular weight is 283 g/mol. The maximum Gasteiger partial charge on any atom is 0.270 e. The fourth-order valence-corrected chi connectivity index (χ4v) is 1.28. The van der Waals surface area contributed by atoms with E-state index in [1.54, 1.807) is 0 Å². The Labute approximate surface area is 114 Å². The van der Waals surface area contributed by atoms with Gasteiger partial charge in [0, 0.05) is 18.7 Å². The summed E-state index contributed by atoms with van der Waals surface area (Å²) < 4.78 is 13.5. The summed E-state index contributed by atoms with van der Waals surface area (Å²) in [5, 5.41) is 12.9. The van der Waals surface area contributed by atoms with E-state index in [1.807, 2.05) is 0 Å². The molecule has 0 heterocycles. The third-order valence-electron chi connectivity index (χ3n) is 2.76. The van der Waals surface area contributed by atoms with Gasteiger partial charge >= 0.3 is 0 Å². The van der Waals surface area contributed by atoms with Crippen LogP contribution in [0.1, 0.15) is 24.2 Å². The maximum absolute atomic E-state index is 13.5. The number of amides is 2. The van der Waals surface area contributed by atoms with Crippen LogP contribution >= 0.6 is 0 Å². The highest BCUT2D eigenvalue weighted by atomic mass is 19.1. The lowest BCUT2D eigenvalue weighted by Gasteiger charge is -2.20. The molecule has 0 aliphatic heterocycles. The molecule has 0 aliphatic rings. The summed E-state index contributed by atoms with van der Waals surface area (Å²) in [5.74, 6) is -2.36. The Morgan fingerprint density at radius 1 is 1.45 bits per heavy atom. The van der Waals surface area contributed by atoms with Crippen molar-refractivity contribution < 1.29 is 18.9 Å². The van der Waals surface area contributed by atoms with Gasteiger partial charge in [-0.05, 0) is 19.9 Å². The van der Waals surface area contributed by atoms with Gasteiger partial charge < -0.3 is 11.1 Å². The lowest BCUT2D eigenvalue weighted by Crippen LogP contribution is -2.42. The number of primary amides is 1. The lowest BCUT2D eigenvalue weighted by molar-refractivity contribution is -0.384. The Bertz CT molecular complexity index is 572. The van der Waals surface area contributed by atoms with Crippen LogP contribution in [0.4, 0.5) is 10.1 Å². The summed E-state index contributed by atoms with van der Waals surface area (Å²) in [7, 11) is 0. The summed E-state index contributed by atoms with van der Waals surface area (Å²) in [6.45, 7) is 2.92. The number of hydrogen-bond acceptors (Lipinski definition) is 4. The van der Waals surface area contributed by atoms with E-state index in [4.69, 9.17) is 5.73 Å². The zero-order valence-corrected chi connectivity index (χ0v) is 11.0. The number of nitro benzene ring substituents is 1. The first-order chi connectivity index (χ1) is 9.15. The molecule has 0 atom stereocenters. The number of nitrogens with one attached hydrogen (secondary N) is 1. The van der Waals surface area contributed by atoms with E-state index in [2.05, 4.69) is 5.32 Å². The molecule has 0 saturated carbocycles. The van der Waals surface area contributed by atoms with Crippen molar-refractivity contribution >= 4 is 17.5 Å². The third-order valence-corrected chi connectivity index (χ3v) is 2.76.